The maximum Gasteiger partial charge on any atom is 0.187 e. The summed E-state index contributed by atoms with van der Waals surface area (Å²) in [4.78, 5) is 17.3. The minimum Gasteiger partial charge on any atom is -0.308 e. The van der Waals surface area contributed by atoms with Crippen molar-refractivity contribution in [2.75, 3.05) is 0 Å². The van der Waals surface area contributed by atoms with Gasteiger partial charge < -0.3 is 4.57 Å². The molecule has 2 aromatic heterocycles. The fourth-order valence-electron chi connectivity index (χ4n) is 5.93. The third-order valence-electron chi connectivity index (χ3n) is 7.90. The molecule has 0 unspecified atom stereocenters. The van der Waals surface area contributed by atoms with Crippen LogP contribution in [0, 0.1) is 43.1 Å². The fourth-order valence-corrected chi connectivity index (χ4v) is 5.93. The zero-order chi connectivity index (χ0) is 31.1. The molecule has 0 N–H and O–H groups in total. The summed E-state index contributed by atoms with van der Waals surface area (Å²) < 4.78 is 2.15. The van der Waals surface area contributed by atoms with E-state index in [4.69, 9.17) is 6.57 Å². The van der Waals surface area contributed by atoms with E-state index in [1.807, 2.05) is 74.5 Å². The lowest BCUT2D eigenvalue weighted by molar-refractivity contribution is 0.926. The Kier molecular flexibility index (Phi) is 6.59. The smallest absolute Gasteiger partial charge is 0.187 e. The van der Waals surface area contributed by atoms with Gasteiger partial charge in [-0.15, -0.1) is 0 Å². The van der Waals surface area contributed by atoms with Gasteiger partial charge in [-0.3, -0.25) is 0 Å². The molecule has 2 heterocycles. The molecule has 7 rings (SSSR count). The molecule has 7 nitrogen and oxygen atoms in total. The van der Waals surface area contributed by atoms with Gasteiger partial charge in [-0.1, -0.05) is 54.6 Å². The summed E-state index contributed by atoms with van der Waals surface area (Å²) in [6.07, 6.45) is 0. The first-order chi connectivity index (χ1) is 22.0. The highest BCUT2D eigenvalue weighted by Gasteiger charge is 2.20. The standard InChI is InChI=1S/C38H23N7/c1-23-42-24(2)44-38(43-23)33-14-11-25(21-39)17-36(33)45-35-16-13-27(26-8-6-9-30(18-26)41-3)19-34(35)32-15-12-28(20-37(32)45)31-10-5-4-7-29(31)22-40/h4-20H,1-2H3. The Balaban J connectivity index is 1.58. The van der Waals surface area contributed by atoms with Crippen LogP contribution in [-0.2, 0) is 0 Å². The highest BCUT2D eigenvalue weighted by molar-refractivity contribution is 6.12. The topological polar surface area (TPSA) is 95.5 Å². The SMILES string of the molecule is [C-]#[N+]c1cccc(-c2ccc3c(c2)c2ccc(-c4ccccc4C#N)cc2n3-c2cc(C#N)ccc2-c2nc(C)nc(C)n2)c1. The summed E-state index contributed by atoms with van der Waals surface area (Å²) >= 11 is 0. The van der Waals surface area contributed by atoms with Crippen LogP contribution >= 0.6 is 0 Å². The molecule has 7 aromatic rings. The van der Waals surface area contributed by atoms with Gasteiger partial charge in [0, 0.05) is 16.3 Å². The van der Waals surface area contributed by atoms with Crippen LogP contribution in [0.3, 0.4) is 0 Å². The van der Waals surface area contributed by atoms with Gasteiger partial charge in [0.05, 0.1) is 46.6 Å². The summed E-state index contributed by atoms with van der Waals surface area (Å²) in [6.45, 7) is 11.2. The second kappa shape index (κ2) is 10.9. The molecule has 0 fully saturated rings. The Bertz CT molecular complexity index is 2430. The predicted octanol–water partition coefficient (Wildman–Crippen LogP) is 8.88. The van der Waals surface area contributed by atoms with E-state index in [0.29, 0.717) is 34.3 Å². The molecule has 5 aromatic carbocycles. The van der Waals surface area contributed by atoms with Crippen molar-refractivity contribution in [2.24, 2.45) is 0 Å². The summed E-state index contributed by atoms with van der Waals surface area (Å²) in [7, 11) is 0. The van der Waals surface area contributed by atoms with Crippen LogP contribution in [0.4, 0.5) is 5.69 Å². The van der Waals surface area contributed by atoms with Gasteiger partial charge in [0.15, 0.2) is 11.5 Å². The van der Waals surface area contributed by atoms with Gasteiger partial charge in [0.25, 0.3) is 0 Å². The van der Waals surface area contributed by atoms with E-state index >= 15 is 0 Å². The van der Waals surface area contributed by atoms with Crippen LogP contribution in [0.5, 0.6) is 0 Å². The lowest BCUT2D eigenvalue weighted by atomic mass is 9.98. The average Bonchev–Trinajstić information content (AvgIpc) is 3.40. The molecule has 0 radical (unpaired) electrons. The van der Waals surface area contributed by atoms with Gasteiger partial charge in [-0.2, -0.15) is 10.5 Å². The number of aromatic nitrogens is 4. The van der Waals surface area contributed by atoms with Crippen molar-refractivity contribution in [3.63, 3.8) is 0 Å². The van der Waals surface area contributed by atoms with E-state index in [-0.39, 0.29) is 0 Å². The predicted molar refractivity (Wildman–Crippen MR) is 176 cm³/mol. The molecule has 0 spiro atoms. The van der Waals surface area contributed by atoms with Crippen LogP contribution in [0.1, 0.15) is 22.8 Å². The number of benzene rings is 5. The maximum absolute atomic E-state index is 9.94. The molecule has 0 bridgehead atoms. The van der Waals surface area contributed by atoms with Crippen LogP contribution in [-0.4, -0.2) is 19.5 Å². The molecule has 0 aliphatic rings. The first-order valence-electron chi connectivity index (χ1n) is 14.3. The Morgan fingerprint density at radius 3 is 2.20 bits per heavy atom. The van der Waals surface area contributed by atoms with Crippen molar-refractivity contribution in [1.29, 1.82) is 10.5 Å². The number of nitrogens with zero attached hydrogens (tertiary/aromatic N) is 7. The Hall–Kier alpha value is -6.62. The van der Waals surface area contributed by atoms with E-state index in [2.05, 4.69) is 66.8 Å². The van der Waals surface area contributed by atoms with Crippen molar-refractivity contribution in [1.82, 2.24) is 19.5 Å². The summed E-state index contributed by atoms with van der Waals surface area (Å²) in [5, 5.41) is 21.8. The fraction of sp³-hybridized carbons (Fsp3) is 0.0526. The largest absolute Gasteiger partial charge is 0.308 e. The molecule has 0 saturated carbocycles. The van der Waals surface area contributed by atoms with Gasteiger partial charge in [0.1, 0.15) is 11.6 Å². The molecular formula is C38H23N7. The van der Waals surface area contributed by atoms with Gasteiger partial charge >= 0.3 is 0 Å². The number of nitriles is 2. The van der Waals surface area contributed by atoms with Gasteiger partial charge in [-0.25, -0.2) is 19.8 Å². The van der Waals surface area contributed by atoms with Crippen molar-refractivity contribution in [3.05, 3.63) is 137 Å². The van der Waals surface area contributed by atoms with Crippen molar-refractivity contribution in [2.45, 2.75) is 13.8 Å². The minimum atomic E-state index is 0.504. The molecule has 210 valence electrons. The van der Waals surface area contributed by atoms with Crippen LogP contribution in [0.25, 0.3) is 66.0 Å². The minimum absolute atomic E-state index is 0.504. The Labute approximate surface area is 259 Å². The van der Waals surface area contributed by atoms with E-state index < -0.39 is 0 Å². The highest BCUT2D eigenvalue weighted by Crippen LogP contribution is 2.40. The summed E-state index contributed by atoms with van der Waals surface area (Å²) in [5.74, 6) is 1.74. The zero-order valence-corrected chi connectivity index (χ0v) is 24.4. The third-order valence-corrected chi connectivity index (χ3v) is 7.90. The van der Waals surface area contributed by atoms with Crippen molar-refractivity contribution >= 4 is 27.5 Å². The zero-order valence-electron chi connectivity index (χ0n) is 24.4. The summed E-state index contributed by atoms with van der Waals surface area (Å²) in [5.41, 5.74) is 8.70. The number of rotatable bonds is 4. The van der Waals surface area contributed by atoms with Crippen molar-refractivity contribution < 1.29 is 0 Å². The summed E-state index contributed by atoms with van der Waals surface area (Å²) in [6, 6.07) is 37.8. The second-order valence-corrected chi connectivity index (χ2v) is 10.7. The average molecular weight is 578 g/mol. The number of fused-ring (bicyclic) bond motifs is 3. The maximum atomic E-state index is 9.94. The molecule has 0 amide bonds. The van der Waals surface area contributed by atoms with E-state index in [0.717, 1.165) is 55.3 Å². The van der Waals surface area contributed by atoms with E-state index in [9.17, 15) is 10.5 Å². The molecule has 0 saturated heterocycles. The Morgan fingerprint density at radius 1 is 0.644 bits per heavy atom. The van der Waals surface area contributed by atoms with Gasteiger partial charge in [0.2, 0.25) is 0 Å². The lowest BCUT2D eigenvalue weighted by Gasteiger charge is -2.15. The second-order valence-electron chi connectivity index (χ2n) is 10.7. The first kappa shape index (κ1) is 27.2. The van der Waals surface area contributed by atoms with E-state index in [1.165, 1.54) is 0 Å². The lowest BCUT2D eigenvalue weighted by Crippen LogP contribution is -2.03. The van der Waals surface area contributed by atoms with Gasteiger partial charge in [-0.05, 0) is 84.6 Å². The van der Waals surface area contributed by atoms with Crippen molar-refractivity contribution in [3.8, 4) is 51.5 Å². The molecular weight excluding hydrogens is 554 g/mol. The molecule has 0 aliphatic carbocycles. The number of hydrogen-bond donors (Lipinski definition) is 0. The highest BCUT2D eigenvalue weighted by atomic mass is 15.0. The third kappa shape index (κ3) is 4.74. The quantitative estimate of drug-likeness (QED) is 0.195. The number of aryl methyl sites for hydroxylation is 2. The first-order valence-corrected chi connectivity index (χ1v) is 14.3. The van der Waals surface area contributed by atoms with Crippen LogP contribution < -0.4 is 0 Å². The number of hydrogen-bond acceptors (Lipinski definition) is 5. The molecule has 0 atom stereocenters. The van der Waals surface area contributed by atoms with Crippen LogP contribution in [0.2, 0.25) is 0 Å². The molecule has 45 heavy (non-hydrogen) atoms. The molecule has 0 aliphatic heterocycles. The molecule has 7 heteroatoms. The monoisotopic (exact) mass is 577 g/mol. The normalized spacial score (nSPS) is 10.8. The van der Waals surface area contributed by atoms with Crippen LogP contribution in [0.15, 0.2) is 103 Å². The van der Waals surface area contributed by atoms with E-state index in [1.54, 1.807) is 12.1 Å². The Morgan fingerprint density at radius 2 is 1.42 bits per heavy atom.